The van der Waals surface area contributed by atoms with E-state index in [4.69, 9.17) is 17.0 Å². The number of nitrogens with one attached hydrogen (secondary N) is 2. The Labute approximate surface area is 158 Å². The lowest BCUT2D eigenvalue weighted by molar-refractivity contribution is -0.123. The van der Waals surface area contributed by atoms with Crippen LogP contribution in [0.15, 0.2) is 58.6 Å². The number of carbonyl (C=O) groups excluding carboxylic acids is 2. The largest absolute Gasteiger partial charge is 0.489 e. The molecule has 25 heavy (non-hydrogen) atoms. The average Bonchev–Trinajstić information content (AvgIpc) is 2.58. The van der Waals surface area contributed by atoms with E-state index >= 15 is 0 Å². The zero-order valence-corrected chi connectivity index (χ0v) is 15.3. The van der Waals surface area contributed by atoms with Crippen molar-refractivity contribution in [1.29, 1.82) is 0 Å². The minimum absolute atomic E-state index is 0.00971. The van der Waals surface area contributed by atoms with Crippen molar-refractivity contribution in [2.45, 2.75) is 6.61 Å². The van der Waals surface area contributed by atoms with E-state index in [1.165, 1.54) is 6.08 Å². The van der Waals surface area contributed by atoms with E-state index in [-0.39, 0.29) is 10.7 Å². The summed E-state index contributed by atoms with van der Waals surface area (Å²) >= 11 is 8.24. The first-order valence-electron chi connectivity index (χ1n) is 7.37. The molecule has 2 amide bonds. The molecule has 2 N–H and O–H groups in total. The lowest BCUT2D eigenvalue weighted by atomic mass is 10.1. The van der Waals surface area contributed by atoms with Crippen molar-refractivity contribution in [1.82, 2.24) is 10.6 Å². The Bertz CT molecular complexity index is 856. The van der Waals surface area contributed by atoms with Gasteiger partial charge >= 0.3 is 0 Å². The lowest BCUT2D eigenvalue weighted by Crippen LogP contribution is -2.51. The first kappa shape index (κ1) is 17.3. The molecule has 0 bridgehead atoms. The van der Waals surface area contributed by atoms with Crippen LogP contribution in [0.4, 0.5) is 0 Å². The highest BCUT2D eigenvalue weighted by Crippen LogP contribution is 2.20. The summed E-state index contributed by atoms with van der Waals surface area (Å²) in [5, 5.41) is 4.81. The fourth-order valence-electron chi connectivity index (χ4n) is 2.21. The van der Waals surface area contributed by atoms with Gasteiger partial charge < -0.3 is 4.74 Å². The van der Waals surface area contributed by atoms with Crippen LogP contribution in [0, 0.1) is 0 Å². The minimum atomic E-state index is -0.511. The predicted molar refractivity (Wildman–Crippen MR) is 102 cm³/mol. The molecule has 126 valence electrons. The van der Waals surface area contributed by atoms with Crippen LogP contribution in [0.1, 0.15) is 11.1 Å². The van der Waals surface area contributed by atoms with Crippen LogP contribution < -0.4 is 15.4 Å². The van der Waals surface area contributed by atoms with Crippen molar-refractivity contribution >= 4 is 51.2 Å². The van der Waals surface area contributed by atoms with Gasteiger partial charge in [0, 0.05) is 10.0 Å². The van der Waals surface area contributed by atoms with Gasteiger partial charge in [-0.15, -0.1) is 0 Å². The molecule has 2 aromatic rings. The summed E-state index contributed by atoms with van der Waals surface area (Å²) in [5.74, 6) is -0.331. The molecular formula is C18H13BrN2O3S. The highest BCUT2D eigenvalue weighted by atomic mass is 79.9. The Morgan fingerprint density at radius 1 is 1.00 bits per heavy atom. The maximum Gasteiger partial charge on any atom is 0.263 e. The highest BCUT2D eigenvalue weighted by Gasteiger charge is 2.25. The van der Waals surface area contributed by atoms with Crippen molar-refractivity contribution in [3.8, 4) is 5.75 Å². The summed E-state index contributed by atoms with van der Waals surface area (Å²) in [6, 6.07) is 14.9. The molecule has 0 unspecified atom stereocenters. The van der Waals surface area contributed by atoms with E-state index in [1.54, 1.807) is 24.3 Å². The standard InChI is InChI=1S/C18H13BrN2O3S/c19-15-4-2-1-3-12(15)10-24-13-7-5-11(6-8-13)9-14-16(22)20-18(25)21-17(14)23/h1-9H,10H2,(H2,20,21,22,23,25). The second-order valence-electron chi connectivity index (χ2n) is 5.24. The summed E-state index contributed by atoms with van der Waals surface area (Å²) < 4.78 is 6.74. The first-order valence-corrected chi connectivity index (χ1v) is 8.58. The molecule has 0 spiro atoms. The molecule has 0 aromatic heterocycles. The van der Waals surface area contributed by atoms with Crippen LogP contribution in [0.5, 0.6) is 5.75 Å². The Balaban J connectivity index is 1.69. The van der Waals surface area contributed by atoms with Crippen molar-refractivity contribution in [2.24, 2.45) is 0 Å². The van der Waals surface area contributed by atoms with Gasteiger partial charge in [0.05, 0.1) is 0 Å². The van der Waals surface area contributed by atoms with Gasteiger partial charge in [-0.25, -0.2) is 0 Å². The second kappa shape index (κ2) is 7.58. The maximum atomic E-state index is 11.8. The highest BCUT2D eigenvalue weighted by molar-refractivity contribution is 9.10. The number of thiocarbonyl (C=S) groups is 1. The summed E-state index contributed by atoms with van der Waals surface area (Å²) in [4.78, 5) is 23.6. The molecule has 3 rings (SSSR count). The van der Waals surface area contributed by atoms with E-state index < -0.39 is 11.8 Å². The van der Waals surface area contributed by atoms with Gasteiger partial charge in [-0.3, -0.25) is 20.2 Å². The number of hydrogen-bond acceptors (Lipinski definition) is 4. The second-order valence-corrected chi connectivity index (χ2v) is 6.51. The van der Waals surface area contributed by atoms with Crippen LogP contribution in [0.2, 0.25) is 0 Å². The predicted octanol–water partition coefficient (Wildman–Crippen LogP) is 2.94. The molecule has 5 nitrogen and oxygen atoms in total. The molecule has 7 heteroatoms. The molecule has 0 atom stereocenters. The Morgan fingerprint density at radius 3 is 2.28 bits per heavy atom. The number of amides is 2. The maximum absolute atomic E-state index is 11.8. The molecule has 0 radical (unpaired) electrons. The number of rotatable bonds is 4. The van der Waals surface area contributed by atoms with E-state index in [9.17, 15) is 9.59 Å². The number of halogens is 1. The van der Waals surface area contributed by atoms with E-state index in [0.29, 0.717) is 17.9 Å². The summed E-state index contributed by atoms with van der Waals surface area (Å²) in [5.41, 5.74) is 1.76. The van der Waals surface area contributed by atoms with Crippen LogP contribution in [-0.4, -0.2) is 16.9 Å². The number of carbonyl (C=O) groups is 2. The normalized spacial score (nSPS) is 14.0. The molecule has 1 fully saturated rings. The summed E-state index contributed by atoms with van der Waals surface area (Å²) in [6.45, 7) is 0.435. The lowest BCUT2D eigenvalue weighted by Gasteiger charge is -2.16. The van der Waals surface area contributed by atoms with Crippen molar-refractivity contribution in [2.75, 3.05) is 0 Å². The van der Waals surface area contributed by atoms with Gasteiger partial charge in [0.25, 0.3) is 11.8 Å². The van der Waals surface area contributed by atoms with E-state index in [0.717, 1.165) is 10.0 Å². The van der Waals surface area contributed by atoms with Crippen LogP contribution >= 0.6 is 28.1 Å². The van der Waals surface area contributed by atoms with Gasteiger partial charge in [-0.1, -0.05) is 46.3 Å². The Hall–Kier alpha value is -2.51. The molecule has 0 aliphatic carbocycles. The van der Waals surface area contributed by atoms with Gasteiger partial charge in [-0.2, -0.15) is 0 Å². The SMILES string of the molecule is O=C1NC(=S)NC(=O)C1=Cc1ccc(OCc2ccccc2Br)cc1. The third-order valence-electron chi connectivity index (χ3n) is 3.49. The molecule has 1 heterocycles. The summed E-state index contributed by atoms with van der Waals surface area (Å²) in [6.07, 6.45) is 1.50. The zero-order chi connectivity index (χ0) is 17.8. The third kappa shape index (κ3) is 4.32. The average molecular weight is 417 g/mol. The number of hydrogen-bond donors (Lipinski definition) is 2. The molecule has 1 aliphatic rings. The van der Waals surface area contributed by atoms with E-state index in [2.05, 4.69) is 26.6 Å². The van der Waals surface area contributed by atoms with Gasteiger partial charge in [-0.05, 0) is 42.1 Å². The minimum Gasteiger partial charge on any atom is -0.489 e. The smallest absolute Gasteiger partial charge is 0.263 e. The van der Waals surface area contributed by atoms with Gasteiger partial charge in [0.15, 0.2) is 5.11 Å². The van der Waals surface area contributed by atoms with Crippen molar-refractivity contribution in [3.63, 3.8) is 0 Å². The quantitative estimate of drug-likeness (QED) is 0.456. The molecular weight excluding hydrogens is 404 g/mol. The molecule has 1 saturated heterocycles. The molecule has 0 saturated carbocycles. The number of ether oxygens (including phenoxy) is 1. The van der Waals surface area contributed by atoms with Crippen LogP contribution in [0.25, 0.3) is 6.08 Å². The topological polar surface area (TPSA) is 67.4 Å². The summed E-state index contributed by atoms with van der Waals surface area (Å²) in [7, 11) is 0. The van der Waals surface area contributed by atoms with Gasteiger partial charge in [0.1, 0.15) is 17.9 Å². The van der Waals surface area contributed by atoms with Crippen LogP contribution in [-0.2, 0) is 16.2 Å². The first-order chi connectivity index (χ1) is 12.0. The van der Waals surface area contributed by atoms with Crippen LogP contribution in [0.3, 0.4) is 0 Å². The van der Waals surface area contributed by atoms with E-state index in [1.807, 2.05) is 24.3 Å². The van der Waals surface area contributed by atoms with Crippen molar-refractivity contribution < 1.29 is 14.3 Å². The van der Waals surface area contributed by atoms with Crippen molar-refractivity contribution in [3.05, 3.63) is 69.7 Å². The fourth-order valence-corrected chi connectivity index (χ4v) is 2.79. The number of benzene rings is 2. The Kier molecular flexibility index (Phi) is 5.25. The zero-order valence-electron chi connectivity index (χ0n) is 12.9. The monoisotopic (exact) mass is 416 g/mol. The third-order valence-corrected chi connectivity index (χ3v) is 4.46. The molecule has 1 aliphatic heterocycles. The van der Waals surface area contributed by atoms with Gasteiger partial charge in [0.2, 0.25) is 0 Å². The molecule has 2 aromatic carbocycles. The fraction of sp³-hybridized carbons (Fsp3) is 0.0556. The Morgan fingerprint density at radius 2 is 1.64 bits per heavy atom.